The zero-order chi connectivity index (χ0) is 21.4. The third kappa shape index (κ3) is 2.88. The Balaban J connectivity index is 1.73. The highest BCUT2D eigenvalue weighted by Gasteiger charge is 2.33. The van der Waals surface area contributed by atoms with E-state index < -0.39 is 10.0 Å². The van der Waals surface area contributed by atoms with Gasteiger partial charge in [0.25, 0.3) is 0 Å². The number of aromatic amines is 1. The Bertz CT molecular complexity index is 1410. The van der Waals surface area contributed by atoms with Crippen molar-refractivity contribution >= 4 is 31.8 Å². The number of hydrogen-bond donors (Lipinski definition) is 1. The van der Waals surface area contributed by atoms with E-state index in [0.717, 1.165) is 0 Å². The summed E-state index contributed by atoms with van der Waals surface area (Å²) in [5, 5.41) is 2.54. The van der Waals surface area contributed by atoms with Gasteiger partial charge in [-0.05, 0) is 54.6 Å². The molecule has 5 aromatic carbocycles. The summed E-state index contributed by atoms with van der Waals surface area (Å²) >= 11 is 0. The highest BCUT2D eigenvalue weighted by molar-refractivity contribution is 8.34. The second-order valence-corrected chi connectivity index (χ2v) is 11.0. The molecule has 0 saturated heterocycles. The van der Waals surface area contributed by atoms with Crippen molar-refractivity contribution < 1.29 is 0 Å². The van der Waals surface area contributed by atoms with Crippen LogP contribution in [0.5, 0.6) is 0 Å². The third-order valence-corrected chi connectivity index (χ3v) is 10.0. The first kappa shape index (κ1) is 19.0. The number of hydrogen-bond acceptors (Lipinski definition) is 0. The number of fused-ring (bicyclic) bond motifs is 3. The van der Waals surface area contributed by atoms with E-state index in [9.17, 15) is 0 Å². The van der Waals surface area contributed by atoms with Crippen molar-refractivity contribution in [2.24, 2.45) is 0 Å². The molecule has 0 amide bonds. The molecule has 32 heavy (non-hydrogen) atoms. The van der Waals surface area contributed by atoms with Gasteiger partial charge in [-0.1, -0.05) is 78.9 Å². The van der Waals surface area contributed by atoms with Crippen LogP contribution in [0, 0.1) is 0 Å². The summed E-state index contributed by atoms with van der Waals surface area (Å²) in [5.41, 5.74) is 2.36. The van der Waals surface area contributed by atoms with Gasteiger partial charge in [-0.15, -0.1) is 10.0 Å². The Hall–Kier alpha value is -3.75. The second-order valence-electron chi connectivity index (χ2n) is 7.93. The van der Waals surface area contributed by atoms with E-state index in [-0.39, 0.29) is 0 Å². The Morgan fingerprint density at radius 1 is 0.375 bits per heavy atom. The van der Waals surface area contributed by atoms with Crippen molar-refractivity contribution in [1.29, 1.82) is 0 Å². The average molecular weight is 430 g/mol. The maximum absolute atomic E-state index is 3.66. The number of aromatic nitrogens is 1. The fourth-order valence-corrected chi connectivity index (χ4v) is 8.61. The van der Waals surface area contributed by atoms with Gasteiger partial charge < -0.3 is 4.98 Å². The maximum Gasteiger partial charge on any atom is 0.0475 e. The molecule has 0 atom stereocenters. The zero-order valence-corrected chi connectivity index (χ0v) is 18.4. The molecule has 1 aromatic heterocycles. The molecule has 1 N–H and O–H groups in total. The fraction of sp³-hybridized carbons (Fsp3) is 0. The quantitative estimate of drug-likeness (QED) is 0.288. The molecule has 0 aliphatic rings. The lowest BCUT2D eigenvalue weighted by Crippen LogP contribution is -2.05. The van der Waals surface area contributed by atoms with E-state index in [2.05, 4.69) is 138 Å². The van der Waals surface area contributed by atoms with E-state index in [1.54, 1.807) is 0 Å². The standard InChI is InChI=1S/C30H23NS/c1-4-12-23(13-5-1)32(24-14-6-2-7-15-24,25-16-8-3-9-17-25)26-20-21-28-27-18-10-11-19-29(27)31-30(28)22-26/h1-22,31H. The van der Waals surface area contributed by atoms with Crippen molar-refractivity contribution in [3.05, 3.63) is 133 Å². The minimum absolute atomic E-state index is 1.18. The van der Waals surface area contributed by atoms with Crippen LogP contribution in [-0.4, -0.2) is 4.98 Å². The van der Waals surface area contributed by atoms with Gasteiger partial charge in [0.05, 0.1) is 0 Å². The Morgan fingerprint density at radius 2 is 0.844 bits per heavy atom. The van der Waals surface area contributed by atoms with Gasteiger partial charge in [0.15, 0.2) is 0 Å². The molecule has 1 nitrogen and oxygen atoms in total. The molecule has 0 saturated carbocycles. The molecular formula is C30H23NS. The van der Waals surface area contributed by atoms with Crippen LogP contribution in [0.1, 0.15) is 0 Å². The van der Waals surface area contributed by atoms with Crippen LogP contribution in [0.15, 0.2) is 153 Å². The summed E-state index contributed by atoms with van der Waals surface area (Å²) in [6.07, 6.45) is 0. The average Bonchev–Trinajstić information content (AvgIpc) is 3.25. The number of para-hydroxylation sites is 1. The van der Waals surface area contributed by atoms with Crippen LogP contribution in [0.3, 0.4) is 0 Å². The van der Waals surface area contributed by atoms with Crippen molar-refractivity contribution in [1.82, 2.24) is 4.98 Å². The van der Waals surface area contributed by atoms with Gasteiger partial charge in [0, 0.05) is 41.4 Å². The van der Waals surface area contributed by atoms with E-state index in [0.29, 0.717) is 0 Å². The van der Waals surface area contributed by atoms with E-state index in [1.807, 2.05) is 0 Å². The highest BCUT2D eigenvalue weighted by Crippen LogP contribution is 2.73. The summed E-state index contributed by atoms with van der Waals surface area (Å²) in [6, 6.07) is 48.5. The van der Waals surface area contributed by atoms with E-state index >= 15 is 0 Å². The number of nitrogens with one attached hydrogen (secondary N) is 1. The molecule has 0 radical (unpaired) electrons. The van der Waals surface area contributed by atoms with Gasteiger partial charge in [-0.3, -0.25) is 0 Å². The van der Waals surface area contributed by atoms with Crippen LogP contribution in [0.25, 0.3) is 21.8 Å². The van der Waals surface area contributed by atoms with Crippen molar-refractivity contribution in [3.63, 3.8) is 0 Å². The molecule has 0 aliphatic carbocycles. The molecule has 6 aromatic rings. The summed E-state index contributed by atoms with van der Waals surface area (Å²) in [4.78, 5) is 9.01. The summed E-state index contributed by atoms with van der Waals surface area (Å²) in [5.74, 6) is 0. The van der Waals surface area contributed by atoms with Gasteiger partial charge in [-0.25, -0.2) is 0 Å². The third-order valence-electron chi connectivity index (χ3n) is 6.12. The second kappa shape index (κ2) is 7.74. The van der Waals surface area contributed by atoms with Gasteiger partial charge >= 0.3 is 0 Å². The van der Waals surface area contributed by atoms with Crippen LogP contribution < -0.4 is 0 Å². The predicted octanol–water partition coefficient (Wildman–Crippen LogP) is 8.66. The summed E-state index contributed by atoms with van der Waals surface area (Å²) in [7, 11) is -1.66. The Labute approximate surface area is 189 Å². The molecular weight excluding hydrogens is 406 g/mol. The van der Waals surface area contributed by atoms with Crippen LogP contribution in [0.4, 0.5) is 0 Å². The maximum atomic E-state index is 3.66. The normalized spacial score (nSPS) is 12.2. The van der Waals surface area contributed by atoms with Gasteiger partial charge in [0.2, 0.25) is 0 Å². The molecule has 0 spiro atoms. The SMILES string of the molecule is c1ccc(S(c2ccccc2)(c2ccccc2)c2ccc3c(c2)[nH]c2ccccc23)cc1. The minimum atomic E-state index is -1.66. The molecule has 0 aliphatic heterocycles. The topological polar surface area (TPSA) is 15.8 Å². The lowest BCUT2D eigenvalue weighted by molar-refractivity contribution is 1.24. The molecule has 1 heterocycles. The first-order chi connectivity index (χ1) is 15.9. The molecule has 0 unspecified atom stereocenters. The largest absolute Gasteiger partial charge is 0.354 e. The van der Waals surface area contributed by atoms with Crippen molar-refractivity contribution in [2.75, 3.05) is 0 Å². The molecule has 0 fully saturated rings. The van der Waals surface area contributed by atoms with Crippen LogP contribution in [-0.2, 0) is 0 Å². The zero-order valence-electron chi connectivity index (χ0n) is 17.6. The number of rotatable bonds is 4. The van der Waals surface area contributed by atoms with E-state index in [1.165, 1.54) is 41.4 Å². The minimum Gasteiger partial charge on any atom is -0.354 e. The molecule has 0 bridgehead atoms. The van der Waals surface area contributed by atoms with Gasteiger partial charge in [0.1, 0.15) is 0 Å². The molecule has 2 heteroatoms. The lowest BCUT2D eigenvalue weighted by Gasteiger charge is -2.42. The van der Waals surface area contributed by atoms with Gasteiger partial charge in [-0.2, -0.15) is 0 Å². The van der Waals surface area contributed by atoms with Crippen molar-refractivity contribution in [3.8, 4) is 0 Å². The summed E-state index contributed by atoms with van der Waals surface area (Å²) < 4.78 is 0. The van der Waals surface area contributed by atoms with E-state index in [4.69, 9.17) is 0 Å². The number of H-pyrrole nitrogens is 1. The molecule has 6 rings (SSSR count). The number of benzene rings is 5. The molecule has 154 valence electrons. The lowest BCUT2D eigenvalue weighted by atomic mass is 10.2. The van der Waals surface area contributed by atoms with Crippen molar-refractivity contribution in [2.45, 2.75) is 19.6 Å². The first-order valence-corrected chi connectivity index (χ1v) is 12.5. The fourth-order valence-electron chi connectivity index (χ4n) is 4.71. The Kier molecular flexibility index (Phi) is 4.59. The first-order valence-electron chi connectivity index (χ1n) is 10.9. The van der Waals surface area contributed by atoms with Crippen LogP contribution in [0.2, 0.25) is 0 Å². The smallest absolute Gasteiger partial charge is 0.0475 e. The monoisotopic (exact) mass is 429 g/mol. The summed E-state index contributed by atoms with van der Waals surface area (Å²) in [6.45, 7) is 0. The Morgan fingerprint density at radius 3 is 1.41 bits per heavy atom. The van der Waals surface area contributed by atoms with Crippen LogP contribution >= 0.6 is 10.0 Å². The highest BCUT2D eigenvalue weighted by atomic mass is 32.3. The predicted molar refractivity (Wildman–Crippen MR) is 136 cm³/mol.